The summed E-state index contributed by atoms with van der Waals surface area (Å²) in [5, 5.41) is 9.35. The average Bonchev–Trinajstić information content (AvgIpc) is 2.47. The molecule has 1 fully saturated rings. The molecule has 0 aromatic heterocycles. The Kier molecular flexibility index (Phi) is 5.21. The second kappa shape index (κ2) is 7.14. The summed E-state index contributed by atoms with van der Waals surface area (Å²) in [4.78, 5) is 11.8. The van der Waals surface area contributed by atoms with E-state index in [0.29, 0.717) is 12.6 Å². The van der Waals surface area contributed by atoms with E-state index < -0.39 is 0 Å². The van der Waals surface area contributed by atoms with Gasteiger partial charge in [-0.25, -0.2) is 4.79 Å². The van der Waals surface area contributed by atoms with Gasteiger partial charge in [0.2, 0.25) is 0 Å². The zero-order valence-electron chi connectivity index (χ0n) is 11.5. The molecule has 0 aliphatic carbocycles. The van der Waals surface area contributed by atoms with Crippen molar-refractivity contribution in [3.63, 3.8) is 0 Å². The van der Waals surface area contributed by atoms with Crippen LogP contribution in [0.3, 0.4) is 0 Å². The molecule has 4 nitrogen and oxygen atoms in total. The minimum atomic E-state index is -0.0938. The van der Waals surface area contributed by atoms with Gasteiger partial charge in [0.25, 0.3) is 0 Å². The summed E-state index contributed by atoms with van der Waals surface area (Å²) in [6.07, 6.45) is 3.62. The number of rotatable bonds is 4. The van der Waals surface area contributed by atoms with Crippen LogP contribution in [0.2, 0.25) is 0 Å². The number of carbonyl (C=O) groups is 1. The third-order valence-electron chi connectivity index (χ3n) is 3.61. The highest BCUT2D eigenvalue weighted by Crippen LogP contribution is 2.10. The average molecular weight is 261 g/mol. The first kappa shape index (κ1) is 13.9. The maximum Gasteiger partial charge on any atom is 0.315 e. The van der Waals surface area contributed by atoms with Crippen LogP contribution >= 0.6 is 0 Å². The van der Waals surface area contributed by atoms with Gasteiger partial charge < -0.3 is 16.0 Å². The van der Waals surface area contributed by atoms with Crippen LogP contribution in [0.1, 0.15) is 31.7 Å². The Morgan fingerprint density at radius 3 is 2.84 bits per heavy atom. The Bertz CT molecular complexity index is 388. The molecule has 2 atom stereocenters. The van der Waals surface area contributed by atoms with E-state index in [1.165, 1.54) is 12.8 Å². The first-order valence-electron chi connectivity index (χ1n) is 7.07. The maximum atomic E-state index is 11.8. The highest BCUT2D eigenvalue weighted by atomic mass is 16.2. The lowest BCUT2D eigenvalue weighted by atomic mass is 9.99. The van der Waals surface area contributed by atoms with E-state index in [2.05, 4.69) is 22.9 Å². The fraction of sp³-hybridized carbons (Fsp3) is 0.533. The van der Waals surface area contributed by atoms with E-state index in [1.54, 1.807) is 0 Å². The second-order valence-corrected chi connectivity index (χ2v) is 5.16. The molecular formula is C15H23N3O. The predicted molar refractivity (Wildman–Crippen MR) is 76.9 cm³/mol. The molecule has 4 heteroatoms. The number of benzene rings is 1. The summed E-state index contributed by atoms with van der Waals surface area (Å²) in [5.41, 5.74) is 1.11. The van der Waals surface area contributed by atoms with Gasteiger partial charge in [0.1, 0.15) is 0 Å². The number of hydrogen-bond donors (Lipinski definition) is 3. The van der Waals surface area contributed by atoms with E-state index in [-0.39, 0.29) is 12.1 Å². The molecule has 1 aliphatic heterocycles. The second-order valence-electron chi connectivity index (χ2n) is 5.16. The van der Waals surface area contributed by atoms with E-state index in [0.717, 1.165) is 18.5 Å². The van der Waals surface area contributed by atoms with E-state index in [4.69, 9.17) is 0 Å². The SMILES string of the molecule is CC(NC(=O)NCc1ccccc1)C1CCCCN1. The Morgan fingerprint density at radius 1 is 1.37 bits per heavy atom. The maximum absolute atomic E-state index is 11.8. The molecule has 1 heterocycles. The summed E-state index contributed by atoms with van der Waals surface area (Å²) in [6, 6.07) is 10.4. The van der Waals surface area contributed by atoms with Gasteiger partial charge in [-0.15, -0.1) is 0 Å². The molecule has 1 aromatic carbocycles. The van der Waals surface area contributed by atoms with Gasteiger partial charge in [-0.3, -0.25) is 0 Å². The number of amides is 2. The van der Waals surface area contributed by atoms with Crippen LogP contribution in [0.5, 0.6) is 0 Å². The molecule has 2 amide bonds. The monoisotopic (exact) mass is 261 g/mol. The molecule has 0 saturated carbocycles. The molecule has 0 radical (unpaired) electrons. The molecular weight excluding hydrogens is 238 g/mol. The molecule has 104 valence electrons. The summed E-state index contributed by atoms with van der Waals surface area (Å²) in [7, 11) is 0. The van der Waals surface area contributed by atoms with Gasteiger partial charge in [0.15, 0.2) is 0 Å². The molecule has 1 aliphatic rings. The minimum Gasteiger partial charge on any atom is -0.334 e. The first-order valence-corrected chi connectivity index (χ1v) is 7.07. The standard InChI is InChI=1S/C15H23N3O/c1-12(14-9-5-6-10-16-14)18-15(19)17-11-13-7-3-2-4-8-13/h2-4,7-8,12,14,16H,5-6,9-11H2,1H3,(H2,17,18,19). The van der Waals surface area contributed by atoms with Gasteiger partial charge >= 0.3 is 6.03 Å². The summed E-state index contributed by atoms with van der Waals surface area (Å²) < 4.78 is 0. The van der Waals surface area contributed by atoms with Crippen molar-refractivity contribution in [1.82, 2.24) is 16.0 Å². The van der Waals surface area contributed by atoms with Gasteiger partial charge in [-0.05, 0) is 31.9 Å². The van der Waals surface area contributed by atoms with Crippen LogP contribution in [0, 0.1) is 0 Å². The van der Waals surface area contributed by atoms with Crippen LogP contribution in [-0.4, -0.2) is 24.7 Å². The first-order chi connectivity index (χ1) is 9.25. The topological polar surface area (TPSA) is 53.2 Å². The minimum absolute atomic E-state index is 0.0938. The Labute approximate surface area is 115 Å². The van der Waals surface area contributed by atoms with Crippen LogP contribution in [0.25, 0.3) is 0 Å². The van der Waals surface area contributed by atoms with E-state index >= 15 is 0 Å². The summed E-state index contributed by atoms with van der Waals surface area (Å²) >= 11 is 0. The highest BCUT2D eigenvalue weighted by molar-refractivity contribution is 5.74. The lowest BCUT2D eigenvalue weighted by Crippen LogP contribution is -2.52. The number of piperidine rings is 1. The summed E-state index contributed by atoms with van der Waals surface area (Å²) in [5.74, 6) is 0. The number of urea groups is 1. The van der Waals surface area contributed by atoms with E-state index in [9.17, 15) is 4.79 Å². The van der Waals surface area contributed by atoms with Crippen molar-refractivity contribution >= 4 is 6.03 Å². The van der Waals surface area contributed by atoms with Crippen LogP contribution in [0.4, 0.5) is 4.79 Å². The molecule has 3 N–H and O–H groups in total. The number of carbonyl (C=O) groups excluding carboxylic acids is 1. The Morgan fingerprint density at radius 2 is 2.16 bits per heavy atom. The third kappa shape index (κ3) is 4.56. The van der Waals surface area contributed by atoms with Crippen molar-refractivity contribution in [2.75, 3.05) is 6.54 Å². The fourth-order valence-electron chi connectivity index (χ4n) is 2.44. The molecule has 1 aromatic rings. The fourth-order valence-corrected chi connectivity index (χ4v) is 2.44. The van der Waals surface area contributed by atoms with Crippen LogP contribution in [0.15, 0.2) is 30.3 Å². The molecule has 19 heavy (non-hydrogen) atoms. The van der Waals surface area contributed by atoms with Crippen molar-refractivity contribution in [3.05, 3.63) is 35.9 Å². The molecule has 2 rings (SSSR count). The van der Waals surface area contributed by atoms with Crippen molar-refractivity contribution in [3.8, 4) is 0 Å². The lowest BCUT2D eigenvalue weighted by Gasteiger charge is -2.29. The zero-order valence-corrected chi connectivity index (χ0v) is 11.5. The van der Waals surface area contributed by atoms with Crippen molar-refractivity contribution in [2.45, 2.75) is 44.8 Å². The molecule has 2 unspecified atom stereocenters. The van der Waals surface area contributed by atoms with E-state index in [1.807, 2.05) is 30.3 Å². The normalized spacial score (nSPS) is 20.6. The van der Waals surface area contributed by atoms with Crippen LogP contribution in [-0.2, 0) is 6.54 Å². The molecule has 1 saturated heterocycles. The highest BCUT2D eigenvalue weighted by Gasteiger charge is 2.20. The van der Waals surface area contributed by atoms with Gasteiger partial charge in [0.05, 0.1) is 0 Å². The zero-order chi connectivity index (χ0) is 13.5. The molecule has 0 spiro atoms. The largest absolute Gasteiger partial charge is 0.334 e. The van der Waals surface area contributed by atoms with Gasteiger partial charge in [0, 0.05) is 18.6 Å². The predicted octanol–water partition coefficient (Wildman–Crippen LogP) is 2.02. The van der Waals surface area contributed by atoms with Crippen molar-refractivity contribution in [2.24, 2.45) is 0 Å². The quantitative estimate of drug-likeness (QED) is 0.776. The van der Waals surface area contributed by atoms with Gasteiger partial charge in [-0.1, -0.05) is 36.8 Å². The third-order valence-corrected chi connectivity index (χ3v) is 3.61. The van der Waals surface area contributed by atoms with Crippen molar-refractivity contribution in [1.29, 1.82) is 0 Å². The number of hydrogen-bond acceptors (Lipinski definition) is 2. The lowest BCUT2D eigenvalue weighted by molar-refractivity contribution is 0.231. The number of nitrogens with one attached hydrogen (secondary N) is 3. The van der Waals surface area contributed by atoms with Crippen LogP contribution < -0.4 is 16.0 Å². The van der Waals surface area contributed by atoms with Gasteiger partial charge in [-0.2, -0.15) is 0 Å². The van der Waals surface area contributed by atoms with Crippen molar-refractivity contribution < 1.29 is 4.79 Å². The molecule has 0 bridgehead atoms. The smallest absolute Gasteiger partial charge is 0.315 e. The summed E-state index contributed by atoms with van der Waals surface area (Å²) in [6.45, 7) is 3.69. The Balaban J connectivity index is 1.71. The Hall–Kier alpha value is -1.55.